The smallest absolute Gasteiger partial charge is 0.335 e. The van der Waals surface area contributed by atoms with Gasteiger partial charge in [-0.05, 0) is 24.6 Å². The first kappa shape index (κ1) is 11.4. The summed E-state index contributed by atoms with van der Waals surface area (Å²) in [6, 6.07) is 6.46. The van der Waals surface area contributed by atoms with Crippen LogP contribution in [-0.4, -0.2) is 35.6 Å². The van der Waals surface area contributed by atoms with Gasteiger partial charge in [0.05, 0.1) is 11.1 Å². The number of nitrogens with zero attached hydrogens (tertiary/aromatic N) is 1. The molecule has 0 saturated carbocycles. The summed E-state index contributed by atoms with van der Waals surface area (Å²) in [7, 11) is 1.73. The molecule has 1 unspecified atom stereocenters. The maximum Gasteiger partial charge on any atom is 0.335 e. The van der Waals surface area contributed by atoms with Crippen molar-refractivity contribution in [2.75, 3.05) is 13.6 Å². The van der Waals surface area contributed by atoms with E-state index in [4.69, 9.17) is 5.11 Å². The van der Waals surface area contributed by atoms with E-state index in [9.17, 15) is 9.59 Å². The van der Waals surface area contributed by atoms with E-state index in [0.29, 0.717) is 6.54 Å². The zero-order chi connectivity index (χ0) is 12.6. The maximum absolute atomic E-state index is 11.5. The molecule has 1 aromatic carbocycles. The highest BCUT2D eigenvalue weighted by Gasteiger charge is 2.38. The molecule has 1 heterocycles. The van der Waals surface area contributed by atoms with Gasteiger partial charge >= 0.3 is 12.0 Å². The van der Waals surface area contributed by atoms with Crippen LogP contribution in [0.1, 0.15) is 22.8 Å². The SMILES string of the molecule is CN1CC(C)(c2ccc(C(=O)O)cc2)NC1=O. The first-order chi connectivity index (χ1) is 7.92. The summed E-state index contributed by atoms with van der Waals surface area (Å²) >= 11 is 0. The monoisotopic (exact) mass is 234 g/mol. The van der Waals surface area contributed by atoms with Gasteiger partial charge in [0.2, 0.25) is 0 Å². The standard InChI is InChI=1S/C12H14N2O3/c1-12(7-14(2)11(17)13-12)9-5-3-8(4-6-9)10(15)16/h3-6H,7H2,1-2H3,(H,13,17)(H,15,16). The van der Waals surface area contributed by atoms with E-state index in [1.807, 2.05) is 6.92 Å². The minimum absolute atomic E-state index is 0.116. The van der Waals surface area contributed by atoms with Crippen LogP contribution in [0.4, 0.5) is 4.79 Å². The number of carboxylic acids is 1. The molecule has 1 fully saturated rings. The van der Waals surface area contributed by atoms with Gasteiger partial charge in [0, 0.05) is 13.6 Å². The molecule has 2 rings (SSSR count). The second-order valence-electron chi connectivity index (χ2n) is 4.50. The van der Waals surface area contributed by atoms with Crippen molar-refractivity contribution in [1.29, 1.82) is 0 Å². The van der Waals surface area contributed by atoms with Crippen LogP contribution >= 0.6 is 0 Å². The Morgan fingerprint density at radius 2 is 2.00 bits per heavy atom. The van der Waals surface area contributed by atoms with Gasteiger partial charge in [-0.1, -0.05) is 12.1 Å². The maximum atomic E-state index is 11.5. The molecule has 1 aliphatic rings. The summed E-state index contributed by atoms with van der Waals surface area (Å²) in [4.78, 5) is 23.8. The van der Waals surface area contributed by atoms with Crippen LogP contribution in [0.25, 0.3) is 0 Å². The molecule has 0 spiro atoms. The molecular formula is C12H14N2O3. The summed E-state index contributed by atoms with van der Waals surface area (Å²) in [5.41, 5.74) is 0.693. The van der Waals surface area contributed by atoms with Crippen molar-refractivity contribution in [2.45, 2.75) is 12.5 Å². The fraction of sp³-hybridized carbons (Fsp3) is 0.333. The van der Waals surface area contributed by atoms with E-state index in [1.165, 1.54) is 0 Å². The van der Waals surface area contributed by atoms with Crippen molar-refractivity contribution in [3.8, 4) is 0 Å². The number of hydrogen-bond acceptors (Lipinski definition) is 2. The molecule has 1 aromatic rings. The number of carboxylic acid groups (broad SMARTS) is 1. The topological polar surface area (TPSA) is 69.6 Å². The molecule has 5 heteroatoms. The van der Waals surface area contributed by atoms with Crippen LogP contribution in [0.5, 0.6) is 0 Å². The average Bonchev–Trinajstić information content (AvgIpc) is 2.54. The van der Waals surface area contributed by atoms with Gasteiger partial charge < -0.3 is 15.3 Å². The first-order valence-electron chi connectivity index (χ1n) is 5.29. The fourth-order valence-electron chi connectivity index (χ4n) is 2.06. The van der Waals surface area contributed by atoms with Crippen molar-refractivity contribution >= 4 is 12.0 Å². The van der Waals surface area contributed by atoms with Crippen LogP contribution in [-0.2, 0) is 5.54 Å². The Morgan fingerprint density at radius 3 is 2.41 bits per heavy atom. The molecule has 0 radical (unpaired) electrons. The number of benzene rings is 1. The van der Waals surface area contributed by atoms with Gasteiger partial charge in [-0.25, -0.2) is 9.59 Å². The lowest BCUT2D eigenvalue weighted by molar-refractivity contribution is 0.0696. The van der Waals surface area contributed by atoms with Crippen LogP contribution < -0.4 is 5.32 Å². The van der Waals surface area contributed by atoms with Crippen LogP contribution in [0.15, 0.2) is 24.3 Å². The van der Waals surface area contributed by atoms with Crippen LogP contribution in [0.3, 0.4) is 0 Å². The first-order valence-corrected chi connectivity index (χ1v) is 5.29. The lowest BCUT2D eigenvalue weighted by Gasteiger charge is -2.23. The minimum Gasteiger partial charge on any atom is -0.478 e. The Kier molecular flexibility index (Phi) is 2.53. The second-order valence-corrected chi connectivity index (χ2v) is 4.50. The number of amides is 2. The number of carbonyl (C=O) groups is 2. The van der Waals surface area contributed by atoms with E-state index in [-0.39, 0.29) is 11.6 Å². The Hall–Kier alpha value is -2.04. The second kappa shape index (κ2) is 3.76. The third-order valence-corrected chi connectivity index (χ3v) is 3.05. The molecule has 90 valence electrons. The molecule has 1 aliphatic heterocycles. The molecule has 0 aromatic heterocycles. The molecule has 2 amide bonds. The van der Waals surface area contributed by atoms with Gasteiger partial charge in [-0.3, -0.25) is 0 Å². The zero-order valence-electron chi connectivity index (χ0n) is 9.73. The molecule has 2 N–H and O–H groups in total. The van der Waals surface area contributed by atoms with E-state index in [2.05, 4.69) is 5.32 Å². The lowest BCUT2D eigenvalue weighted by atomic mass is 9.92. The predicted octanol–water partition coefficient (Wildman–Crippen LogP) is 1.26. The third kappa shape index (κ3) is 1.95. The summed E-state index contributed by atoms with van der Waals surface area (Å²) in [6.45, 7) is 2.49. The minimum atomic E-state index is -0.950. The molecular weight excluding hydrogens is 220 g/mol. The summed E-state index contributed by atoms with van der Waals surface area (Å²) in [6.07, 6.45) is 0. The quantitative estimate of drug-likeness (QED) is 0.809. The van der Waals surface area contributed by atoms with Gasteiger partial charge in [-0.15, -0.1) is 0 Å². The van der Waals surface area contributed by atoms with E-state index >= 15 is 0 Å². The van der Waals surface area contributed by atoms with Crippen LogP contribution in [0, 0.1) is 0 Å². The number of carbonyl (C=O) groups excluding carboxylic acids is 1. The zero-order valence-corrected chi connectivity index (χ0v) is 9.73. The highest BCUT2D eigenvalue weighted by Crippen LogP contribution is 2.26. The summed E-state index contributed by atoms with van der Waals surface area (Å²) in [5.74, 6) is -0.950. The summed E-state index contributed by atoms with van der Waals surface area (Å²) < 4.78 is 0. The van der Waals surface area contributed by atoms with Crippen molar-refractivity contribution in [2.24, 2.45) is 0 Å². The molecule has 17 heavy (non-hydrogen) atoms. The molecule has 0 bridgehead atoms. The largest absolute Gasteiger partial charge is 0.478 e. The van der Waals surface area contributed by atoms with Gasteiger partial charge in [-0.2, -0.15) is 0 Å². The normalized spacial score (nSPS) is 23.6. The Balaban J connectivity index is 2.29. The van der Waals surface area contributed by atoms with E-state index < -0.39 is 11.5 Å². The highest BCUT2D eigenvalue weighted by molar-refractivity contribution is 5.87. The van der Waals surface area contributed by atoms with Crippen LogP contribution in [0.2, 0.25) is 0 Å². The number of nitrogens with one attached hydrogen (secondary N) is 1. The van der Waals surface area contributed by atoms with E-state index in [1.54, 1.807) is 36.2 Å². The number of urea groups is 1. The average molecular weight is 234 g/mol. The van der Waals surface area contributed by atoms with Crippen molar-refractivity contribution < 1.29 is 14.7 Å². The third-order valence-electron chi connectivity index (χ3n) is 3.05. The molecule has 0 aliphatic carbocycles. The fourth-order valence-corrected chi connectivity index (χ4v) is 2.06. The number of aromatic carboxylic acids is 1. The molecule has 5 nitrogen and oxygen atoms in total. The van der Waals surface area contributed by atoms with Gasteiger partial charge in [0.25, 0.3) is 0 Å². The van der Waals surface area contributed by atoms with Crippen molar-refractivity contribution in [3.05, 3.63) is 35.4 Å². The molecule has 1 atom stereocenters. The Morgan fingerprint density at radius 1 is 1.41 bits per heavy atom. The van der Waals surface area contributed by atoms with Crippen molar-refractivity contribution in [3.63, 3.8) is 0 Å². The van der Waals surface area contributed by atoms with Gasteiger partial charge in [0.1, 0.15) is 0 Å². The van der Waals surface area contributed by atoms with E-state index in [0.717, 1.165) is 5.56 Å². The number of likely N-dealkylation sites (N-methyl/N-ethyl adjacent to an activating group) is 1. The van der Waals surface area contributed by atoms with Crippen molar-refractivity contribution in [1.82, 2.24) is 10.2 Å². The number of hydrogen-bond donors (Lipinski definition) is 2. The summed E-state index contributed by atoms with van der Waals surface area (Å²) in [5, 5.41) is 11.7. The lowest BCUT2D eigenvalue weighted by Crippen LogP contribution is -2.37. The van der Waals surface area contributed by atoms with Gasteiger partial charge in [0.15, 0.2) is 0 Å². The Bertz CT molecular complexity index is 469. The number of rotatable bonds is 2. The highest BCUT2D eigenvalue weighted by atomic mass is 16.4. The Labute approximate surface area is 99.0 Å². The molecule has 1 saturated heterocycles. The predicted molar refractivity (Wildman–Crippen MR) is 61.9 cm³/mol.